The topological polar surface area (TPSA) is 63.2 Å². The number of carbonyl (C=O) groups is 1. The number of rotatable bonds is 7. The zero-order valence-corrected chi connectivity index (χ0v) is 17.5. The van der Waals surface area contributed by atoms with Gasteiger partial charge in [-0.15, -0.1) is 0 Å². The minimum atomic E-state index is -0.198. The van der Waals surface area contributed by atoms with Crippen molar-refractivity contribution in [2.45, 2.75) is 6.61 Å². The Bertz CT molecular complexity index is 1150. The van der Waals surface area contributed by atoms with E-state index >= 15 is 0 Å². The summed E-state index contributed by atoms with van der Waals surface area (Å²) in [5, 5.41) is 0. The molecular formula is C25H22O6. The summed E-state index contributed by atoms with van der Waals surface area (Å²) in [5.41, 5.74) is 2.09. The highest BCUT2D eigenvalue weighted by atomic mass is 16.5. The molecule has 1 aliphatic heterocycles. The van der Waals surface area contributed by atoms with Crippen LogP contribution in [0.3, 0.4) is 0 Å². The molecule has 0 spiro atoms. The van der Waals surface area contributed by atoms with E-state index in [9.17, 15) is 4.79 Å². The highest BCUT2D eigenvalue weighted by Gasteiger charge is 2.28. The molecule has 158 valence electrons. The predicted molar refractivity (Wildman–Crippen MR) is 116 cm³/mol. The molecule has 0 N–H and O–H groups in total. The summed E-state index contributed by atoms with van der Waals surface area (Å²) in [7, 11) is 4.74. The fourth-order valence-electron chi connectivity index (χ4n) is 3.41. The second-order valence-electron chi connectivity index (χ2n) is 6.78. The predicted octanol–water partition coefficient (Wildman–Crippen LogP) is 4.91. The van der Waals surface area contributed by atoms with E-state index in [-0.39, 0.29) is 11.5 Å². The normalized spacial score (nSPS) is 13.5. The molecule has 4 rings (SSSR count). The first-order valence-corrected chi connectivity index (χ1v) is 9.68. The van der Waals surface area contributed by atoms with E-state index in [2.05, 4.69) is 0 Å². The maximum atomic E-state index is 12.8. The number of ketones is 1. The van der Waals surface area contributed by atoms with E-state index in [0.717, 1.165) is 11.3 Å². The zero-order chi connectivity index (χ0) is 21.8. The first-order valence-electron chi connectivity index (χ1n) is 9.68. The Balaban J connectivity index is 1.55. The molecule has 0 bridgehead atoms. The maximum Gasteiger partial charge on any atom is 0.231 e. The van der Waals surface area contributed by atoms with Crippen LogP contribution in [0.25, 0.3) is 6.08 Å². The molecule has 0 saturated carbocycles. The van der Waals surface area contributed by atoms with Crippen molar-refractivity contribution >= 4 is 11.9 Å². The highest BCUT2D eigenvalue weighted by molar-refractivity contribution is 6.14. The number of hydrogen-bond acceptors (Lipinski definition) is 6. The Kier molecular flexibility index (Phi) is 5.80. The average molecular weight is 418 g/mol. The van der Waals surface area contributed by atoms with Gasteiger partial charge in [0.25, 0.3) is 0 Å². The summed E-state index contributed by atoms with van der Waals surface area (Å²) in [5.74, 6) is 2.93. The van der Waals surface area contributed by atoms with Crippen LogP contribution in [-0.4, -0.2) is 27.1 Å². The summed E-state index contributed by atoms with van der Waals surface area (Å²) in [6.45, 7) is 0.334. The fourth-order valence-corrected chi connectivity index (χ4v) is 3.41. The van der Waals surface area contributed by atoms with Gasteiger partial charge in [0.2, 0.25) is 5.78 Å². The van der Waals surface area contributed by atoms with Crippen molar-refractivity contribution in [2.75, 3.05) is 21.3 Å². The Morgan fingerprint density at radius 1 is 0.871 bits per heavy atom. The van der Waals surface area contributed by atoms with Gasteiger partial charge in [0.05, 0.1) is 26.9 Å². The molecule has 0 fully saturated rings. The number of fused-ring (bicyclic) bond motifs is 1. The van der Waals surface area contributed by atoms with E-state index in [0.29, 0.717) is 40.7 Å². The fraction of sp³-hybridized carbons (Fsp3) is 0.160. The van der Waals surface area contributed by atoms with Crippen molar-refractivity contribution < 1.29 is 28.5 Å². The molecule has 0 aromatic heterocycles. The van der Waals surface area contributed by atoms with Crippen LogP contribution in [0.5, 0.6) is 28.7 Å². The monoisotopic (exact) mass is 418 g/mol. The van der Waals surface area contributed by atoms with Crippen molar-refractivity contribution in [3.8, 4) is 28.7 Å². The van der Waals surface area contributed by atoms with E-state index in [4.69, 9.17) is 23.7 Å². The van der Waals surface area contributed by atoms with Crippen LogP contribution in [0.1, 0.15) is 21.5 Å². The van der Waals surface area contributed by atoms with Gasteiger partial charge in [0.15, 0.2) is 17.3 Å². The van der Waals surface area contributed by atoms with Crippen LogP contribution in [0.4, 0.5) is 0 Å². The van der Waals surface area contributed by atoms with E-state index < -0.39 is 0 Å². The first-order chi connectivity index (χ1) is 15.1. The van der Waals surface area contributed by atoms with Gasteiger partial charge in [0.1, 0.15) is 23.9 Å². The molecular weight excluding hydrogens is 396 g/mol. The number of para-hydroxylation sites is 2. The molecule has 6 heteroatoms. The summed E-state index contributed by atoms with van der Waals surface area (Å²) in [4.78, 5) is 12.8. The smallest absolute Gasteiger partial charge is 0.231 e. The number of ether oxygens (including phenoxy) is 5. The molecule has 0 aliphatic carbocycles. The van der Waals surface area contributed by atoms with Gasteiger partial charge >= 0.3 is 0 Å². The standard InChI is InChI=1S/C25H22O6/c1-27-20-9-5-4-7-17(20)15-30-18-11-12-19-22(14-18)31-23(24(19)26)13-16-8-6-10-21(28-2)25(16)29-3/h4-14H,15H2,1-3H3/b23-13-. The number of allylic oxidation sites excluding steroid dienone is 1. The van der Waals surface area contributed by atoms with Gasteiger partial charge in [-0.05, 0) is 30.3 Å². The number of Topliss-reactive ketones (excluding diaryl/α,β-unsaturated/α-hetero) is 1. The Hall–Kier alpha value is -3.93. The molecule has 31 heavy (non-hydrogen) atoms. The van der Waals surface area contributed by atoms with Crippen LogP contribution < -0.4 is 23.7 Å². The number of hydrogen-bond donors (Lipinski definition) is 0. The molecule has 1 heterocycles. The maximum absolute atomic E-state index is 12.8. The van der Waals surface area contributed by atoms with Crippen molar-refractivity contribution in [2.24, 2.45) is 0 Å². The molecule has 6 nitrogen and oxygen atoms in total. The largest absolute Gasteiger partial charge is 0.496 e. The quantitative estimate of drug-likeness (QED) is 0.508. The molecule has 0 amide bonds. The lowest BCUT2D eigenvalue weighted by Crippen LogP contribution is -1.99. The van der Waals surface area contributed by atoms with Crippen molar-refractivity contribution in [3.63, 3.8) is 0 Å². The molecule has 0 saturated heterocycles. The molecule has 0 atom stereocenters. The summed E-state index contributed by atoms with van der Waals surface area (Å²) < 4.78 is 27.8. The lowest BCUT2D eigenvalue weighted by molar-refractivity contribution is 0.101. The molecule has 3 aromatic carbocycles. The second-order valence-corrected chi connectivity index (χ2v) is 6.78. The Morgan fingerprint density at radius 3 is 2.42 bits per heavy atom. The minimum Gasteiger partial charge on any atom is -0.496 e. The van der Waals surface area contributed by atoms with Crippen molar-refractivity contribution in [3.05, 3.63) is 83.1 Å². The molecule has 1 aliphatic rings. The van der Waals surface area contributed by atoms with Gasteiger partial charge in [-0.3, -0.25) is 4.79 Å². The number of carbonyl (C=O) groups excluding carboxylic acids is 1. The van der Waals surface area contributed by atoms with Crippen molar-refractivity contribution in [1.29, 1.82) is 0 Å². The van der Waals surface area contributed by atoms with Crippen LogP contribution in [-0.2, 0) is 6.61 Å². The summed E-state index contributed by atoms with van der Waals surface area (Å²) in [6, 6.07) is 18.3. The van der Waals surface area contributed by atoms with Crippen LogP contribution in [0, 0.1) is 0 Å². The molecule has 0 unspecified atom stereocenters. The SMILES string of the molecule is COc1ccccc1COc1ccc2c(c1)O/C(=C\c1cccc(OC)c1OC)C2=O. The van der Waals surface area contributed by atoms with Gasteiger partial charge in [-0.1, -0.05) is 30.3 Å². The van der Waals surface area contributed by atoms with Crippen molar-refractivity contribution in [1.82, 2.24) is 0 Å². The number of methoxy groups -OCH3 is 3. The third-order valence-electron chi connectivity index (χ3n) is 4.95. The molecule has 0 radical (unpaired) electrons. The van der Waals surface area contributed by atoms with E-state index in [1.165, 1.54) is 0 Å². The van der Waals surface area contributed by atoms with Gasteiger partial charge in [-0.25, -0.2) is 0 Å². The Labute approximate surface area is 180 Å². The molecule has 3 aromatic rings. The lowest BCUT2D eigenvalue weighted by Gasteiger charge is -2.11. The van der Waals surface area contributed by atoms with Crippen LogP contribution in [0.2, 0.25) is 0 Å². The first kappa shape index (κ1) is 20.3. The second kappa shape index (κ2) is 8.83. The summed E-state index contributed by atoms with van der Waals surface area (Å²) in [6.07, 6.45) is 1.65. The van der Waals surface area contributed by atoms with Gasteiger partial charge in [0, 0.05) is 17.2 Å². The zero-order valence-electron chi connectivity index (χ0n) is 17.5. The van der Waals surface area contributed by atoms with E-state index in [1.807, 2.05) is 36.4 Å². The van der Waals surface area contributed by atoms with Crippen LogP contribution >= 0.6 is 0 Å². The van der Waals surface area contributed by atoms with Crippen LogP contribution in [0.15, 0.2) is 66.4 Å². The number of benzene rings is 3. The van der Waals surface area contributed by atoms with E-state index in [1.54, 1.807) is 51.7 Å². The summed E-state index contributed by atoms with van der Waals surface area (Å²) >= 11 is 0. The van der Waals surface area contributed by atoms with Gasteiger partial charge < -0.3 is 23.7 Å². The Morgan fingerprint density at radius 2 is 1.65 bits per heavy atom. The third-order valence-corrected chi connectivity index (χ3v) is 4.95. The third kappa shape index (κ3) is 4.05. The lowest BCUT2D eigenvalue weighted by atomic mass is 10.1. The average Bonchev–Trinajstić information content (AvgIpc) is 3.12. The highest BCUT2D eigenvalue weighted by Crippen LogP contribution is 2.37. The van der Waals surface area contributed by atoms with Gasteiger partial charge in [-0.2, -0.15) is 0 Å². The minimum absolute atomic E-state index is 0.198.